The third-order valence-corrected chi connectivity index (χ3v) is 5.26. The van der Waals surface area contributed by atoms with Crippen LogP contribution in [-0.2, 0) is 11.3 Å². The number of nitrogens with zero attached hydrogens (tertiary/aromatic N) is 2. The predicted molar refractivity (Wildman–Crippen MR) is 114 cm³/mol. The van der Waals surface area contributed by atoms with Crippen molar-refractivity contribution in [2.24, 2.45) is 0 Å². The first-order chi connectivity index (χ1) is 13.5. The molecule has 0 unspecified atom stereocenters. The van der Waals surface area contributed by atoms with Crippen LogP contribution in [0.4, 0.5) is 0 Å². The second-order valence-corrected chi connectivity index (χ2v) is 7.36. The Kier molecular flexibility index (Phi) is 6.73. The Hall–Kier alpha value is -2.34. The largest absolute Gasteiger partial charge is 0.383 e. The maximum Gasteiger partial charge on any atom is 0.253 e. The number of fused-ring (bicyclic) bond motifs is 1. The quantitative estimate of drug-likeness (QED) is 0.623. The predicted octanol–water partition coefficient (Wildman–Crippen LogP) is 3.97. The zero-order valence-electron chi connectivity index (χ0n) is 16.5. The molecule has 0 saturated carbocycles. The van der Waals surface area contributed by atoms with Crippen molar-refractivity contribution in [1.82, 2.24) is 14.8 Å². The number of methoxy groups -OCH3 is 1. The average Bonchev–Trinajstić information content (AvgIpc) is 3.06. The summed E-state index contributed by atoms with van der Waals surface area (Å²) in [7, 11) is 5.64. The Balaban J connectivity index is 1.82. The van der Waals surface area contributed by atoms with Gasteiger partial charge in [0.2, 0.25) is 0 Å². The summed E-state index contributed by atoms with van der Waals surface area (Å²) in [6.07, 6.45) is 1.90. The van der Waals surface area contributed by atoms with Crippen LogP contribution in [0.3, 0.4) is 0 Å². The van der Waals surface area contributed by atoms with Crippen molar-refractivity contribution in [3.05, 3.63) is 70.9 Å². The fraction of sp³-hybridized carbons (Fsp3) is 0.318. The van der Waals surface area contributed by atoms with Gasteiger partial charge in [0.25, 0.3) is 5.91 Å². The number of nitrogens with one attached hydrogen (secondary N) is 1. The Morgan fingerprint density at radius 1 is 1.18 bits per heavy atom. The number of para-hydroxylation sites is 1. The highest BCUT2D eigenvalue weighted by Crippen LogP contribution is 2.26. The average molecular weight is 400 g/mol. The van der Waals surface area contributed by atoms with Crippen LogP contribution in [0.2, 0.25) is 5.02 Å². The molecule has 0 saturated heterocycles. The van der Waals surface area contributed by atoms with Crippen LogP contribution in [0.25, 0.3) is 10.9 Å². The summed E-state index contributed by atoms with van der Waals surface area (Å²) in [4.78, 5) is 15.0. The van der Waals surface area contributed by atoms with Gasteiger partial charge in [0.05, 0.1) is 18.2 Å². The van der Waals surface area contributed by atoms with Gasteiger partial charge in [0.1, 0.15) is 0 Å². The number of amides is 1. The summed E-state index contributed by atoms with van der Waals surface area (Å²) >= 11 is 6.37. The molecule has 0 bridgehead atoms. The van der Waals surface area contributed by atoms with Gasteiger partial charge in [-0.2, -0.15) is 0 Å². The Morgan fingerprint density at radius 2 is 1.89 bits per heavy atom. The van der Waals surface area contributed by atoms with Crippen molar-refractivity contribution in [3.63, 3.8) is 0 Å². The molecule has 0 aliphatic carbocycles. The number of halogens is 1. The number of benzene rings is 2. The normalized spacial score (nSPS) is 12.5. The fourth-order valence-corrected chi connectivity index (χ4v) is 3.66. The van der Waals surface area contributed by atoms with E-state index in [2.05, 4.69) is 14.8 Å². The molecule has 1 N–H and O–H groups in total. The zero-order chi connectivity index (χ0) is 20.1. The van der Waals surface area contributed by atoms with Gasteiger partial charge < -0.3 is 19.5 Å². The van der Waals surface area contributed by atoms with Crippen molar-refractivity contribution in [2.75, 3.05) is 34.4 Å². The monoisotopic (exact) mass is 399 g/mol. The Morgan fingerprint density at radius 3 is 2.61 bits per heavy atom. The lowest BCUT2D eigenvalue weighted by Gasteiger charge is -2.26. The number of hydrogen-bond acceptors (Lipinski definition) is 3. The van der Waals surface area contributed by atoms with Gasteiger partial charge in [-0.25, -0.2) is 0 Å². The number of rotatable bonds is 8. The van der Waals surface area contributed by atoms with Crippen LogP contribution < -0.4 is 5.32 Å². The molecule has 1 aromatic heterocycles. The first-order valence-electron chi connectivity index (χ1n) is 9.28. The minimum atomic E-state index is -0.0914. The van der Waals surface area contributed by atoms with Crippen LogP contribution in [0.5, 0.6) is 0 Å². The zero-order valence-corrected chi connectivity index (χ0v) is 17.2. The number of carbonyl (C=O) groups is 1. The summed E-state index contributed by atoms with van der Waals surface area (Å²) in [5.74, 6) is -0.0914. The van der Waals surface area contributed by atoms with Crippen molar-refractivity contribution >= 4 is 28.4 Å². The number of aromatic nitrogens is 1. The molecule has 3 aromatic rings. The Bertz CT molecular complexity index is 952. The molecule has 6 heteroatoms. The van der Waals surface area contributed by atoms with Gasteiger partial charge in [-0.3, -0.25) is 4.79 Å². The number of ether oxygens (including phenoxy) is 1. The molecule has 0 aliphatic rings. The van der Waals surface area contributed by atoms with E-state index in [0.717, 1.165) is 16.5 Å². The lowest BCUT2D eigenvalue weighted by molar-refractivity contribution is 0.0943. The molecule has 2 aromatic carbocycles. The SMILES string of the molecule is COCCn1cc(C(=O)NC[C@H](c2ccccc2Cl)N(C)C)c2ccccc21. The molecule has 0 fully saturated rings. The van der Waals surface area contributed by atoms with Crippen LogP contribution in [0, 0.1) is 0 Å². The van der Waals surface area contributed by atoms with Crippen LogP contribution in [-0.4, -0.2) is 49.7 Å². The van der Waals surface area contributed by atoms with E-state index in [1.54, 1.807) is 7.11 Å². The third kappa shape index (κ3) is 4.38. The highest BCUT2D eigenvalue weighted by molar-refractivity contribution is 6.31. The molecule has 0 radical (unpaired) electrons. The van der Waals surface area contributed by atoms with E-state index in [1.807, 2.05) is 68.8 Å². The molecule has 28 heavy (non-hydrogen) atoms. The molecule has 0 spiro atoms. The lowest BCUT2D eigenvalue weighted by Crippen LogP contribution is -2.34. The summed E-state index contributed by atoms with van der Waals surface area (Å²) in [5, 5.41) is 4.72. The standard InChI is InChI=1S/C22H26ClN3O2/c1-25(2)21(17-9-4-6-10-19(17)23)14-24-22(27)18-15-26(12-13-28-3)20-11-7-5-8-16(18)20/h4-11,15,21H,12-14H2,1-3H3,(H,24,27)/t21-/m1/s1. The molecular formula is C22H26ClN3O2. The van der Waals surface area contributed by atoms with E-state index >= 15 is 0 Å². The molecule has 1 amide bonds. The molecule has 3 rings (SSSR count). The molecule has 0 aliphatic heterocycles. The summed E-state index contributed by atoms with van der Waals surface area (Å²) < 4.78 is 7.25. The second-order valence-electron chi connectivity index (χ2n) is 6.96. The smallest absolute Gasteiger partial charge is 0.253 e. The molecule has 148 valence electrons. The van der Waals surface area contributed by atoms with E-state index in [-0.39, 0.29) is 11.9 Å². The maximum absolute atomic E-state index is 13.0. The highest BCUT2D eigenvalue weighted by atomic mass is 35.5. The van der Waals surface area contributed by atoms with Gasteiger partial charge in [-0.05, 0) is 31.8 Å². The van der Waals surface area contributed by atoms with Crippen LogP contribution >= 0.6 is 11.6 Å². The minimum Gasteiger partial charge on any atom is -0.383 e. The molecule has 5 nitrogen and oxygen atoms in total. The van der Waals surface area contributed by atoms with Gasteiger partial charge in [-0.1, -0.05) is 48.0 Å². The van der Waals surface area contributed by atoms with E-state index in [0.29, 0.717) is 30.3 Å². The van der Waals surface area contributed by atoms with Gasteiger partial charge in [0, 0.05) is 42.3 Å². The van der Waals surface area contributed by atoms with Crippen molar-refractivity contribution in [3.8, 4) is 0 Å². The fourth-order valence-electron chi connectivity index (χ4n) is 3.40. The third-order valence-electron chi connectivity index (χ3n) is 4.91. The Labute approximate surface area is 170 Å². The number of hydrogen-bond donors (Lipinski definition) is 1. The number of carbonyl (C=O) groups excluding carboxylic acids is 1. The topological polar surface area (TPSA) is 46.5 Å². The molecule has 1 heterocycles. The van der Waals surface area contributed by atoms with Gasteiger partial charge in [0.15, 0.2) is 0 Å². The van der Waals surface area contributed by atoms with E-state index < -0.39 is 0 Å². The summed E-state index contributed by atoms with van der Waals surface area (Å²) in [5.41, 5.74) is 2.69. The van der Waals surface area contributed by atoms with Gasteiger partial charge in [-0.15, -0.1) is 0 Å². The van der Waals surface area contributed by atoms with E-state index in [1.165, 1.54) is 0 Å². The number of likely N-dealkylation sites (N-methyl/N-ethyl adjacent to an activating group) is 1. The van der Waals surface area contributed by atoms with Crippen molar-refractivity contribution in [1.29, 1.82) is 0 Å². The summed E-state index contributed by atoms with van der Waals surface area (Å²) in [6.45, 7) is 1.76. The minimum absolute atomic E-state index is 0.0144. The van der Waals surface area contributed by atoms with Crippen molar-refractivity contribution < 1.29 is 9.53 Å². The van der Waals surface area contributed by atoms with E-state index in [9.17, 15) is 4.79 Å². The van der Waals surface area contributed by atoms with Crippen LogP contribution in [0.15, 0.2) is 54.7 Å². The molecule has 1 atom stereocenters. The van der Waals surface area contributed by atoms with E-state index in [4.69, 9.17) is 16.3 Å². The summed E-state index contributed by atoms with van der Waals surface area (Å²) in [6, 6.07) is 15.7. The molecular weight excluding hydrogens is 374 g/mol. The first kappa shape index (κ1) is 20.4. The lowest BCUT2D eigenvalue weighted by atomic mass is 10.1. The van der Waals surface area contributed by atoms with Crippen LogP contribution in [0.1, 0.15) is 22.0 Å². The second kappa shape index (κ2) is 9.24. The first-order valence-corrected chi connectivity index (χ1v) is 9.66. The van der Waals surface area contributed by atoms with Crippen molar-refractivity contribution in [2.45, 2.75) is 12.6 Å². The van der Waals surface area contributed by atoms with Gasteiger partial charge >= 0.3 is 0 Å². The highest BCUT2D eigenvalue weighted by Gasteiger charge is 2.20. The maximum atomic E-state index is 13.0.